The van der Waals surface area contributed by atoms with E-state index in [-0.39, 0.29) is 36.3 Å². The third-order valence-corrected chi connectivity index (χ3v) is 6.59. The summed E-state index contributed by atoms with van der Waals surface area (Å²) < 4.78 is 67.4. The van der Waals surface area contributed by atoms with Crippen LogP contribution in [0.2, 0.25) is 0 Å². The summed E-state index contributed by atoms with van der Waals surface area (Å²) >= 11 is 0. The summed E-state index contributed by atoms with van der Waals surface area (Å²) in [6, 6.07) is 6.57. The molecule has 0 saturated carbocycles. The molecule has 36 heavy (non-hydrogen) atoms. The molecule has 4 rings (SSSR count). The van der Waals surface area contributed by atoms with Crippen LogP contribution in [0.3, 0.4) is 0 Å². The van der Waals surface area contributed by atoms with Crippen molar-refractivity contribution in [3.8, 4) is 0 Å². The number of fused-ring (bicyclic) bond motifs is 1. The second kappa shape index (κ2) is 9.60. The van der Waals surface area contributed by atoms with E-state index in [1.807, 2.05) is 0 Å². The van der Waals surface area contributed by atoms with E-state index in [9.17, 15) is 26.4 Å². The second-order valence-corrected chi connectivity index (χ2v) is 10.0. The van der Waals surface area contributed by atoms with Gasteiger partial charge in [-0.25, -0.2) is 13.4 Å². The molecular formula is C22H22F3N7O3S. The van der Waals surface area contributed by atoms with Crippen molar-refractivity contribution < 1.29 is 26.4 Å². The van der Waals surface area contributed by atoms with Crippen LogP contribution in [0.15, 0.2) is 36.7 Å². The molecule has 14 heteroatoms. The fraction of sp³-hybridized carbons (Fsp3) is 0.273. The lowest BCUT2D eigenvalue weighted by Crippen LogP contribution is -2.18. The van der Waals surface area contributed by atoms with Crippen molar-refractivity contribution in [2.75, 3.05) is 26.4 Å². The van der Waals surface area contributed by atoms with E-state index >= 15 is 0 Å². The zero-order valence-corrected chi connectivity index (χ0v) is 20.0. The predicted molar refractivity (Wildman–Crippen MR) is 128 cm³/mol. The lowest BCUT2D eigenvalue weighted by Gasteiger charge is -2.17. The number of pyridine rings is 1. The molecule has 0 radical (unpaired) electrons. The number of amides is 1. The highest BCUT2D eigenvalue weighted by molar-refractivity contribution is 7.92. The zero-order chi connectivity index (χ0) is 26.1. The summed E-state index contributed by atoms with van der Waals surface area (Å²) in [4.78, 5) is 23.4. The first-order valence-electron chi connectivity index (χ1n) is 10.8. The molecule has 0 spiro atoms. The molecule has 3 aromatic rings. The van der Waals surface area contributed by atoms with Crippen LogP contribution in [0.25, 0.3) is 0 Å². The predicted octanol–water partition coefficient (Wildman–Crippen LogP) is 3.81. The molecule has 1 aliphatic heterocycles. The number of anilines is 5. The Morgan fingerprint density at radius 1 is 1.14 bits per heavy atom. The number of alkyl halides is 3. The van der Waals surface area contributed by atoms with Crippen LogP contribution in [0.1, 0.15) is 29.3 Å². The molecule has 4 N–H and O–H groups in total. The molecular weight excluding hydrogens is 499 g/mol. The lowest BCUT2D eigenvalue weighted by atomic mass is 10.1. The van der Waals surface area contributed by atoms with E-state index in [0.717, 1.165) is 5.56 Å². The van der Waals surface area contributed by atoms with Crippen LogP contribution in [0.5, 0.6) is 0 Å². The minimum absolute atomic E-state index is 0.0967. The number of carbonyl (C=O) groups is 1. The van der Waals surface area contributed by atoms with Gasteiger partial charge in [0, 0.05) is 29.8 Å². The van der Waals surface area contributed by atoms with Gasteiger partial charge in [-0.3, -0.25) is 14.5 Å². The largest absolute Gasteiger partial charge is 0.421 e. The molecule has 0 bridgehead atoms. The van der Waals surface area contributed by atoms with Gasteiger partial charge in [-0.2, -0.15) is 18.2 Å². The third-order valence-electron chi connectivity index (χ3n) is 5.30. The fourth-order valence-corrected chi connectivity index (χ4v) is 4.16. The Labute approximate surface area is 204 Å². The summed E-state index contributed by atoms with van der Waals surface area (Å²) in [7, 11) is -3.63. The molecule has 1 aromatic carbocycles. The molecule has 0 fully saturated rings. The minimum Gasteiger partial charge on any atom is -0.365 e. The van der Waals surface area contributed by atoms with Crippen molar-refractivity contribution in [2.24, 2.45) is 0 Å². The summed E-state index contributed by atoms with van der Waals surface area (Å²) in [5.41, 5.74) is 1.91. The van der Waals surface area contributed by atoms with Gasteiger partial charge < -0.3 is 16.0 Å². The van der Waals surface area contributed by atoms with Crippen LogP contribution in [-0.2, 0) is 34.0 Å². The molecule has 2 aromatic heterocycles. The quantitative estimate of drug-likeness (QED) is 0.351. The number of aryl methyl sites for hydroxylation is 1. The summed E-state index contributed by atoms with van der Waals surface area (Å²) in [6.45, 7) is 2.97. The molecule has 10 nitrogen and oxygen atoms in total. The standard InChI is InChI=1S/C22H22F3N7O3S/c1-3-36(34,35)32-18-11-26-12(2)6-14(18)9-27-20-16(22(23,24)25)10-28-21(31-20)29-15-4-5-17-13(7-15)8-19(33)30-17/h4-7,10-11,32H,3,8-9H2,1-2H3,(H,30,33)(H2,27,28,29,31). The third kappa shape index (κ3) is 5.82. The highest BCUT2D eigenvalue weighted by atomic mass is 32.2. The maximum absolute atomic E-state index is 13.7. The fourth-order valence-electron chi connectivity index (χ4n) is 3.49. The molecule has 0 aliphatic carbocycles. The first-order chi connectivity index (χ1) is 16.9. The zero-order valence-electron chi connectivity index (χ0n) is 19.2. The van der Waals surface area contributed by atoms with Crippen molar-refractivity contribution in [3.05, 3.63) is 59.0 Å². The summed E-state index contributed by atoms with van der Waals surface area (Å²) in [6.07, 6.45) is -2.57. The minimum atomic E-state index is -4.73. The van der Waals surface area contributed by atoms with E-state index in [4.69, 9.17) is 0 Å². The van der Waals surface area contributed by atoms with Crippen LogP contribution >= 0.6 is 0 Å². The van der Waals surface area contributed by atoms with Gasteiger partial charge >= 0.3 is 6.18 Å². The number of carbonyl (C=O) groups excluding carboxylic acids is 1. The molecule has 0 unspecified atom stereocenters. The highest BCUT2D eigenvalue weighted by Crippen LogP contribution is 2.35. The molecule has 1 amide bonds. The smallest absolute Gasteiger partial charge is 0.365 e. The lowest BCUT2D eigenvalue weighted by molar-refractivity contribution is -0.137. The number of benzene rings is 1. The average Bonchev–Trinajstić information content (AvgIpc) is 3.17. The number of sulfonamides is 1. The van der Waals surface area contributed by atoms with Crippen molar-refractivity contribution >= 4 is 44.8 Å². The second-order valence-electron chi connectivity index (χ2n) is 8.02. The van der Waals surface area contributed by atoms with Gasteiger partial charge in [-0.1, -0.05) is 0 Å². The molecule has 0 atom stereocenters. The van der Waals surface area contributed by atoms with Gasteiger partial charge in [0.25, 0.3) is 0 Å². The van der Waals surface area contributed by atoms with E-state index in [1.165, 1.54) is 13.1 Å². The summed E-state index contributed by atoms with van der Waals surface area (Å²) in [5.74, 6) is -0.913. The Balaban J connectivity index is 1.61. The van der Waals surface area contributed by atoms with Crippen molar-refractivity contribution in [3.63, 3.8) is 0 Å². The van der Waals surface area contributed by atoms with Gasteiger partial charge in [0.2, 0.25) is 21.9 Å². The SMILES string of the molecule is CCS(=O)(=O)Nc1cnc(C)cc1CNc1nc(Nc2ccc3c(c2)CC(=O)N3)ncc1C(F)(F)F. The van der Waals surface area contributed by atoms with Crippen LogP contribution in [-0.4, -0.2) is 35.0 Å². The highest BCUT2D eigenvalue weighted by Gasteiger charge is 2.35. The van der Waals surface area contributed by atoms with Gasteiger partial charge in [0.1, 0.15) is 11.4 Å². The maximum atomic E-state index is 13.7. The molecule has 1 aliphatic rings. The Bertz CT molecular complexity index is 1430. The average molecular weight is 522 g/mol. The molecule has 190 valence electrons. The monoisotopic (exact) mass is 521 g/mol. The number of rotatable bonds is 8. The van der Waals surface area contributed by atoms with E-state index in [0.29, 0.717) is 28.8 Å². The van der Waals surface area contributed by atoms with Gasteiger partial charge in [-0.05, 0) is 49.2 Å². The van der Waals surface area contributed by atoms with Gasteiger partial charge in [0.05, 0.1) is 24.1 Å². The Morgan fingerprint density at radius 3 is 2.64 bits per heavy atom. The van der Waals surface area contributed by atoms with Gasteiger partial charge in [0.15, 0.2) is 0 Å². The van der Waals surface area contributed by atoms with E-state index < -0.39 is 27.6 Å². The van der Waals surface area contributed by atoms with Gasteiger partial charge in [-0.15, -0.1) is 0 Å². The maximum Gasteiger partial charge on any atom is 0.421 e. The summed E-state index contributed by atoms with van der Waals surface area (Å²) in [5, 5.41) is 8.21. The topological polar surface area (TPSA) is 138 Å². The van der Waals surface area contributed by atoms with Crippen LogP contribution in [0, 0.1) is 6.92 Å². The van der Waals surface area contributed by atoms with E-state index in [2.05, 4.69) is 35.6 Å². The molecule has 3 heterocycles. The first kappa shape index (κ1) is 25.2. The van der Waals surface area contributed by atoms with Crippen molar-refractivity contribution in [1.29, 1.82) is 0 Å². The number of hydrogen-bond donors (Lipinski definition) is 4. The Morgan fingerprint density at radius 2 is 1.92 bits per heavy atom. The van der Waals surface area contributed by atoms with Crippen LogP contribution < -0.4 is 20.7 Å². The number of aromatic nitrogens is 3. The number of nitrogens with one attached hydrogen (secondary N) is 4. The van der Waals surface area contributed by atoms with Crippen molar-refractivity contribution in [1.82, 2.24) is 15.0 Å². The van der Waals surface area contributed by atoms with E-state index in [1.54, 1.807) is 31.2 Å². The number of hydrogen-bond acceptors (Lipinski definition) is 8. The van der Waals surface area contributed by atoms with Crippen LogP contribution in [0.4, 0.5) is 42.0 Å². The normalized spacial score (nSPS) is 13.2. The number of nitrogens with zero attached hydrogens (tertiary/aromatic N) is 3. The number of halogens is 3. The van der Waals surface area contributed by atoms with Crippen molar-refractivity contribution in [2.45, 2.75) is 33.0 Å². The Kier molecular flexibility index (Phi) is 6.71. The Hall–Kier alpha value is -3.94. The first-order valence-corrected chi connectivity index (χ1v) is 12.4. The molecule has 0 saturated heterocycles.